The molecule has 18 heavy (non-hydrogen) atoms. The minimum absolute atomic E-state index is 0.0132. The minimum atomic E-state index is -1.08. The van der Waals surface area contributed by atoms with Crippen LogP contribution in [0.15, 0.2) is 4.90 Å². The summed E-state index contributed by atoms with van der Waals surface area (Å²) >= 11 is 5.86. The topological polar surface area (TPSA) is 75.1 Å². The highest BCUT2D eigenvalue weighted by Gasteiger charge is 2.27. The summed E-state index contributed by atoms with van der Waals surface area (Å²) in [5.74, 6) is 1.28. The van der Waals surface area contributed by atoms with Crippen molar-refractivity contribution in [2.75, 3.05) is 17.7 Å². The maximum atomic E-state index is 11.9. The van der Waals surface area contributed by atoms with E-state index in [9.17, 15) is 9.32 Å². The Hall–Kier alpha value is -0.720. The van der Waals surface area contributed by atoms with Gasteiger partial charge >= 0.3 is 0 Å². The van der Waals surface area contributed by atoms with E-state index in [-0.39, 0.29) is 23.9 Å². The Labute approximate surface area is 113 Å². The third-order valence-electron chi connectivity index (χ3n) is 2.98. The summed E-state index contributed by atoms with van der Waals surface area (Å²) < 4.78 is 11.9. The Balaban J connectivity index is 2.36. The molecular weight excluding hydrogens is 274 g/mol. The highest BCUT2D eigenvalue weighted by molar-refractivity contribution is 7.85. The lowest BCUT2D eigenvalue weighted by Crippen LogP contribution is -2.30. The van der Waals surface area contributed by atoms with Gasteiger partial charge in [-0.05, 0) is 17.5 Å². The van der Waals surface area contributed by atoms with Gasteiger partial charge in [-0.3, -0.25) is 4.21 Å². The van der Waals surface area contributed by atoms with Crippen LogP contribution in [0.2, 0.25) is 5.28 Å². The van der Waals surface area contributed by atoms with Gasteiger partial charge in [-0.1, -0.05) is 13.8 Å². The summed E-state index contributed by atoms with van der Waals surface area (Å²) in [4.78, 5) is 8.84. The quantitative estimate of drug-likeness (QED) is 0.815. The summed E-state index contributed by atoms with van der Waals surface area (Å²) in [6, 6.07) is -0.141. The zero-order valence-corrected chi connectivity index (χ0v) is 11.9. The molecule has 2 N–H and O–H groups in total. The molecule has 1 aromatic rings. The lowest BCUT2D eigenvalue weighted by molar-refractivity contribution is 0.249. The zero-order chi connectivity index (χ0) is 13.3. The first-order valence-corrected chi connectivity index (χ1v) is 7.54. The normalized spacial score (nSPS) is 19.9. The van der Waals surface area contributed by atoms with Crippen LogP contribution < -0.4 is 5.32 Å². The smallest absolute Gasteiger partial charge is 0.224 e. The number of hydrogen-bond donors (Lipinski definition) is 2. The standard InChI is InChI=1S/C11H16ClN3O2S/c1-6(2)8(5-16)13-10-9-7(3-4-18(9)17)14-11(12)15-10/h6,8,16H,3-5H2,1-2H3,(H,13,14,15). The number of hydrogen-bond acceptors (Lipinski definition) is 5. The van der Waals surface area contributed by atoms with Crippen molar-refractivity contribution < 1.29 is 9.32 Å². The van der Waals surface area contributed by atoms with Crippen LogP contribution in [-0.2, 0) is 17.2 Å². The van der Waals surface area contributed by atoms with Crippen molar-refractivity contribution >= 4 is 28.2 Å². The van der Waals surface area contributed by atoms with Crippen molar-refractivity contribution in [3.63, 3.8) is 0 Å². The molecule has 0 fully saturated rings. The van der Waals surface area contributed by atoms with Crippen molar-refractivity contribution in [1.29, 1.82) is 0 Å². The van der Waals surface area contributed by atoms with Gasteiger partial charge in [0.05, 0.1) is 29.1 Å². The molecule has 100 valence electrons. The first-order valence-electron chi connectivity index (χ1n) is 5.85. The van der Waals surface area contributed by atoms with Crippen molar-refractivity contribution in [1.82, 2.24) is 9.97 Å². The molecule has 1 aliphatic rings. The predicted molar refractivity (Wildman–Crippen MR) is 71.4 cm³/mol. The molecule has 0 saturated heterocycles. The van der Waals surface area contributed by atoms with E-state index in [1.807, 2.05) is 13.8 Å². The minimum Gasteiger partial charge on any atom is -0.394 e. The molecule has 2 unspecified atom stereocenters. The first kappa shape index (κ1) is 13.7. The van der Waals surface area contributed by atoms with Crippen LogP contribution in [0.4, 0.5) is 5.82 Å². The summed E-state index contributed by atoms with van der Waals surface area (Å²) in [7, 11) is -1.08. The molecule has 0 saturated carbocycles. The maximum Gasteiger partial charge on any atom is 0.224 e. The SMILES string of the molecule is CC(C)C(CO)Nc1nc(Cl)nc2c1S(=O)CC2. The summed E-state index contributed by atoms with van der Waals surface area (Å²) in [6.45, 7) is 3.97. The predicted octanol–water partition coefficient (Wildman–Crippen LogP) is 1.22. The highest BCUT2D eigenvalue weighted by atomic mass is 35.5. The number of anilines is 1. The van der Waals surface area contributed by atoms with Gasteiger partial charge in [0.2, 0.25) is 5.28 Å². The van der Waals surface area contributed by atoms with Crippen molar-refractivity contribution in [2.45, 2.75) is 31.2 Å². The second-order valence-electron chi connectivity index (χ2n) is 4.59. The highest BCUT2D eigenvalue weighted by Crippen LogP contribution is 2.29. The second kappa shape index (κ2) is 5.50. The van der Waals surface area contributed by atoms with Gasteiger partial charge in [0.15, 0.2) is 0 Å². The number of halogens is 1. The maximum absolute atomic E-state index is 11.9. The third kappa shape index (κ3) is 2.65. The molecule has 2 rings (SSSR count). The van der Waals surface area contributed by atoms with Gasteiger partial charge in [0, 0.05) is 12.2 Å². The van der Waals surface area contributed by atoms with Gasteiger partial charge < -0.3 is 10.4 Å². The number of aryl methyl sites for hydroxylation is 1. The molecule has 1 aliphatic heterocycles. The summed E-state index contributed by atoms with van der Waals surface area (Å²) in [6.07, 6.45) is 0.657. The van der Waals surface area contributed by atoms with Crippen molar-refractivity contribution in [2.24, 2.45) is 5.92 Å². The fourth-order valence-electron chi connectivity index (χ4n) is 1.86. The number of fused-ring (bicyclic) bond motifs is 1. The molecule has 0 radical (unpaired) electrons. The average Bonchev–Trinajstić information content (AvgIpc) is 2.67. The van der Waals surface area contributed by atoms with E-state index in [2.05, 4.69) is 15.3 Å². The monoisotopic (exact) mass is 289 g/mol. The Bertz CT molecular complexity index is 482. The van der Waals surface area contributed by atoms with Gasteiger partial charge in [-0.15, -0.1) is 0 Å². The van der Waals surface area contributed by atoms with Crippen molar-refractivity contribution in [3.05, 3.63) is 11.0 Å². The van der Waals surface area contributed by atoms with E-state index in [1.54, 1.807) is 0 Å². The molecular formula is C11H16ClN3O2S. The lowest BCUT2D eigenvalue weighted by atomic mass is 10.1. The van der Waals surface area contributed by atoms with E-state index in [0.29, 0.717) is 22.9 Å². The molecule has 0 bridgehead atoms. The van der Waals surface area contributed by atoms with Gasteiger partial charge in [0.1, 0.15) is 10.7 Å². The Morgan fingerprint density at radius 1 is 1.50 bits per heavy atom. The fraction of sp³-hybridized carbons (Fsp3) is 0.636. The first-order chi connectivity index (χ1) is 8.52. The van der Waals surface area contributed by atoms with Gasteiger partial charge in [-0.25, -0.2) is 4.98 Å². The van der Waals surface area contributed by atoms with E-state index < -0.39 is 10.8 Å². The molecule has 0 spiro atoms. The lowest BCUT2D eigenvalue weighted by Gasteiger charge is -2.21. The average molecular weight is 290 g/mol. The summed E-state index contributed by atoms with van der Waals surface area (Å²) in [5, 5.41) is 12.6. The van der Waals surface area contributed by atoms with Gasteiger partial charge in [0.25, 0.3) is 0 Å². The zero-order valence-electron chi connectivity index (χ0n) is 10.3. The molecule has 0 amide bonds. The molecule has 5 nitrogen and oxygen atoms in total. The molecule has 2 atom stereocenters. The summed E-state index contributed by atoms with van der Waals surface area (Å²) in [5.41, 5.74) is 0.747. The van der Waals surface area contributed by atoms with Crippen LogP contribution in [0, 0.1) is 5.92 Å². The number of aliphatic hydroxyl groups is 1. The Morgan fingerprint density at radius 2 is 2.22 bits per heavy atom. The van der Waals surface area contributed by atoms with E-state index >= 15 is 0 Å². The number of aliphatic hydroxyl groups excluding tert-OH is 1. The Morgan fingerprint density at radius 3 is 2.83 bits per heavy atom. The fourth-order valence-corrected chi connectivity index (χ4v) is 3.36. The van der Waals surface area contributed by atoms with Crippen molar-refractivity contribution in [3.8, 4) is 0 Å². The van der Waals surface area contributed by atoms with E-state index in [1.165, 1.54) is 0 Å². The van der Waals surface area contributed by atoms with Crippen LogP contribution in [0.25, 0.3) is 0 Å². The van der Waals surface area contributed by atoms with E-state index in [0.717, 1.165) is 5.69 Å². The van der Waals surface area contributed by atoms with Gasteiger partial charge in [-0.2, -0.15) is 4.98 Å². The molecule has 2 heterocycles. The van der Waals surface area contributed by atoms with E-state index in [4.69, 9.17) is 11.6 Å². The largest absolute Gasteiger partial charge is 0.394 e. The van der Waals surface area contributed by atoms with Crippen LogP contribution in [0.1, 0.15) is 19.5 Å². The van der Waals surface area contributed by atoms with Crippen LogP contribution >= 0.6 is 11.6 Å². The number of aromatic nitrogens is 2. The van der Waals surface area contributed by atoms with Crippen LogP contribution in [0.5, 0.6) is 0 Å². The molecule has 0 aromatic carbocycles. The molecule has 0 aliphatic carbocycles. The van der Waals surface area contributed by atoms with Crippen LogP contribution in [-0.4, -0.2) is 37.7 Å². The molecule has 7 heteroatoms. The third-order valence-corrected chi connectivity index (χ3v) is 4.61. The number of rotatable bonds is 4. The second-order valence-corrected chi connectivity index (χ2v) is 6.44. The van der Waals surface area contributed by atoms with Crippen LogP contribution in [0.3, 0.4) is 0 Å². The number of nitrogens with zero attached hydrogens (tertiary/aromatic N) is 2. The Kier molecular flexibility index (Phi) is 4.19. The number of nitrogens with one attached hydrogen (secondary N) is 1. The molecule has 1 aromatic heterocycles.